The molecule has 0 bridgehead atoms. The van der Waals surface area contributed by atoms with Crippen LogP contribution >= 0.6 is 0 Å². The van der Waals surface area contributed by atoms with E-state index in [1.165, 1.54) is 36.8 Å². The predicted molar refractivity (Wildman–Crippen MR) is 98.5 cm³/mol. The number of benzene rings is 2. The van der Waals surface area contributed by atoms with Gasteiger partial charge in [-0.1, -0.05) is 85.7 Å². The Morgan fingerprint density at radius 1 is 0.750 bits per heavy atom. The van der Waals surface area contributed by atoms with Gasteiger partial charge in [0.15, 0.2) is 0 Å². The first-order valence-corrected chi connectivity index (χ1v) is 9.43. The summed E-state index contributed by atoms with van der Waals surface area (Å²) in [5.41, 5.74) is 3.33. The van der Waals surface area contributed by atoms with Gasteiger partial charge in [-0.2, -0.15) is 0 Å². The molecule has 2 aromatic rings. The maximum Gasteiger partial charge on any atom is 0.0392 e. The van der Waals surface area contributed by atoms with E-state index in [4.69, 9.17) is 0 Å². The van der Waals surface area contributed by atoms with Crippen LogP contribution in [-0.2, 0) is 0 Å². The number of hydrogen-bond acceptors (Lipinski definition) is 1. The molecular weight excluding hydrogens is 290 g/mol. The van der Waals surface area contributed by atoms with E-state index in [0.717, 1.165) is 0 Å². The van der Waals surface area contributed by atoms with Crippen molar-refractivity contribution in [1.29, 1.82) is 0 Å². The lowest BCUT2D eigenvalue weighted by atomic mass is 9.69. The molecule has 2 aliphatic carbocycles. The van der Waals surface area contributed by atoms with Crippen molar-refractivity contribution in [2.24, 2.45) is 17.3 Å². The molecule has 2 fully saturated rings. The van der Waals surface area contributed by atoms with Crippen molar-refractivity contribution in [2.75, 3.05) is 0 Å². The molecule has 1 aliphatic heterocycles. The van der Waals surface area contributed by atoms with Crippen LogP contribution in [0.3, 0.4) is 0 Å². The van der Waals surface area contributed by atoms with Crippen LogP contribution in [-0.4, -0.2) is 0 Å². The molecule has 4 unspecified atom stereocenters. The molecule has 0 radical (unpaired) electrons. The first kappa shape index (κ1) is 14.5. The summed E-state index contributed by atoms with van der Waals surface area (Å²) in [6.07, 6.45) is 10.7. The van der Waals surface area contributed by atoms with Gasteiger partial charge >= 0.3 is 0 Å². The zero-order valence-corrected chi connectivity index (χ0v) is 14.1. The van der Waals surface area contributed by atoms with E-state index < -0.39 is 0 Å². The quantitative estimate of drug-likeness (QED) is 0.728. The lowest BCUT2D eigenvalue weighted by molar-refractivity contribution is 0.204. The number of fused-ring (bicyclic) bond motifs is 2. The lowest BCUT2D eigenvalue weighted by Crippen LogP contribution is -2.30. The molecule has 1 heteroatoms. The fourth-order valence-electron chi connectivity index (χ4n) is 5.67. The molecule has 1 nitrogen and oxygen atoms in total. The molecule has 1 heterocycles. The smallest absolute Gasteiger partial charge is 0.0392 e. The fraction of sp³-hybridized carbons (Fsp3) is 0.391. The fourth-order valence-corrected chi connectivity index (χ4v) is 5.67. The first-order chi connectivity index (χ1) is 11.9. The second kappa shape index (κ2) is 5.60. The molecule has 122 valence electrons. The number of rotatable bonds is 2. The molecule has 5 rings (SSSR count). The molecule has 3 aliphatic rings. The van der Waals surface area contributed by atoms with E-state index >= 15 is 0 Å². The van der Waals surface area contributed by atoms with E-state index in [1.807, 2.05) is 0 Å². The van der Waals surface area contributed by atoms with Gasteiger partial charge in [0.25, 0.3) is 0 Å². The summed E-state index contributed by atoms with van der Waals surface area (Å²) in [6, 6.07) is 23.1. The third-order valence-corrected chi connectivity index (χ3v) is 6.68. The average molecular weight is 315 g/mol. The Labute approximate surface area is 144 Å². The zero-order chi connectivity index (χ0) is 16.0. The summed E-state index contributed by atoms with van der Waals surface area (Å²) < 4.78 is 0. The van der Waals surface area contributed by atoms with E-state index in [9.17, 15) is 0 Å². The van der Waals surface area contributed by atoms with Gasteiger partial charge in [-0.15, -0.1) is 0 Å². The molecular formula is C23H25N. The third kappa shape index (κ3) is 2.11. The maximum atomic E-state index is 4.03. The first-order valence-electron chi connectivity index (χ1n) is 9.43. The Morgan fingerprint density at radius 2 is 1.33 bits per heavy atom. The Balaban J connectivity index is 1.58. The summed E-state index contributed by atoms with van der Waals surface area (Å²) >= 11 is 0. The highest BCUT2D eigenvalue weighted by Crippen LogP contribution is 2.62. The maximum absolute atomic E-state index is 4.03. The van der Waals surface area contributed by atoms with Crippen molar-refractivity contribution in [3.8, 4) is 0 Å². The minimum Gasteiger partial charge on any atom is -0.302 e. The Bertz CT molecular complexity index is 727. The Kier molecular flexibility index (Phi) is 3.38. The monoisotopic (exact) mass is 315 g/mol. The van der Waals surface area contributed by atoms with Crippen LogP contribution in [0.25, 0.3) is 0 Å². The van der Waals surface area contributed by atoms with Crippen LogP contribution in [0.15, 0.2) is 72.8 Å². The zero-order valence-electron chi connectivity index (χ0n) is 14.1. The van der Waals surface area contributed by atoms with E-state index in [2.05, 4.69) is 78.1 Å². The van der Waals surface area contributed by atoms with Gasteiger partial charge in [-0.3, -0.25) is 0 Å². The van der Waals surface area contributed by atoms with Crippen LogP contribution in [0.1, 0.15) is 48.9 Å². The standard InChI is InChI=1S/C23H25N/c1-3-9-17(10-4-1)21-19-13-16-23(14-7-8-15-23)20(19)22(24-21)18-11-5-2-6-12-18/h1-6,9-13,16,19-22,24H,7-8,14-15H2. The van der Waals surface area contributed by atoms with Gasteiger partial charge in [0.1, 0.15) is 0 Å². The van der Waals surface area contributed by atoms with Gasteiger partial charge in [-0.25, -0.2) is 0 Å². The normalized spacial score (nSPS) is 33.2. The molecule has 0 amide bonds. The van der Waals surface area contributed by atoms with E-state index in [-0.39, 0.29) is 0 Å². The summed E-state index contributed by atoms with van der Waals surface area (Å²) in [5, 5.41) is 4.03. The SMILES string of the molecule is C1=CC2(CCCC2)C2C(c3ccccc3)NC(c3ccccc3)C12. The largest absolute Gasteiger partial charge is 0.302 e. The van der Waals surface area contributed by atoms with Crippen LogP contribution in [0.4, 0.5) is 0 Å². The minimum atomic E-state index is 0.432. The van der Waals surface area contributed by atoms with Crippen molar-refractivity contribution >= 4 is 0 Å². The average Bonchev–Trinajstić information content (AvgIpc) is 3.35. The van der Waals surface area contributed by atoms with Crippen molar-refractivity contribution in [2.45, 2.75) is 37.8 Å². The number of hydrogen-bond donors (Lipinski definition) is 1. The molecule has 1 spiro atoms. The van der Waals surface area contributed by atoms with Crippen LogP contribution in [0, 0.1) is 17.3 Å². The van der Waals surface area contributed by atoms with E-state index in [1.54, 1.807) is 0 Å². The highest BCUT2D eigenvalue weighted by molar-refractivity contribution is 5.34. The second-order valence-corrected chi connectivity index (χ2v) is 7.85. The lowest BCUT2D eigenvalue weighted by Gasteiger charge is -2.34. The van der Waals surface area contributed by atoms with Gasteiger partial charge in [0.2, 0.25) is 0 Å². The summed E-state index contributed by atoms with van der Waals surface area (Å²) in [7, 11) is 0. The Hall–Kier alpha value is -1.86. The highest BCUT2D eigenvalue weighted by atomic mass is 15.0. The summed E-state index contributed by atoms with van der Waals surface area (Å²) in [6.45, 7) is 0. The molecule has 1 saturated carbocycles. The molecule has 2 aromatic carbocycles. The molecule has 0 aromatic heterocycles. The highest BCUT2D eigenvalue weighted by Gasteiger charge is 2.56. The Morgan fingerprint density at radius 3 is 1.96 bits per heavy atom. The van der Waals surface area contributed by atoms with Crippen molar-refractivity contribution in [3.05, 3.63) is 83.9 Å². The molecule has 4 atom stereocenters. The van der Waals surface area contributed by atoms with Crippen molar-refractivity contribution in [3.63, 3.8) is 0 Å². The number of allylic oxidation sites excluding steroid dienone is 1. The third-order valence-electron chi connectivity index (χ3n) is 6.68. The summed E-state index contributed by atoms with van der Waals surface area (Å²) in [5.74, 6) is 1.32. The topological polar surface area (TPSA) is 12.0 Å². The van der Waals surface area contributed by atoms with Crippen LogP contribution in [0.5, 0.6) is 0 Å². The van der Waals surface area contributed by atoms with Gasteiger partial charge in [-0.05, 0) is 35.3 Å². The minimum absolute atomic E-state index is 0.432. The van der Waals surface area contributed by atoms with Crippen LogP contribution < -0.4 is 5.32 Å². The predicted octanol–water partition coefficient (Wildman–Crippen LogP) is 5.43. The summed E-state index contributed by atoms with van der Waals surface area (Å²) in [4.78, 5) is 0. The molecule has 1 saturated heterocycles. The number of nitrogens with one attached hydrogen (secondary N) is 1. The molecule has 24 heavy (non-hydrogen) atoms. The molecule has 1 N–H and O–H groups in total. The van der Waals surface area contributed by atoms with Crippen molar-refractivity contribution in [1.82, 2.24) is 5.32 Å². The van der Waals surface area contributed by atoms with Gasteiger partial charge < -0.3 is 5.32 Å². The van der Waals surface area contributed by atoms with E-state index in [0.29, 0.717) is 29.3 Å². The van der Waals surface area contributed by atoms with Gasteiger partial charge in [0.05, 0.1) is 0 Å². The second-order valence-electron chi connectivity index (χ2n) is 7.85. The van der Waals surface area contributed by atoms with Gasteiger partial charge in [0, 0.05) is 18.0 Å². The van der Waals surface area contributed by atoms with Crippen LogP contribution in [0.2, 0.25) is 0 Å². The van der Waals surface area contributed by atoms with Crippen molar-refractivity contribution < 1.29 is 0 Å².